The second-order valence-corrected chi connectivity index (χ2v) is 7.10. The molecule has 0 amide bonds. The number of hydrogen-bond acceptors (Lipinski definition) is 3. The van der Waals surface area contributed by atoms with Crippen LogP contribution in [0, 0.1) is 0 Å². The molecule has 0 aliphatic rings. The summed E-state index contributed by atoms with van der Waals surface area (Å²) in [4.78, 5) is 6.48. The Hall–Kier alpha value is -1.12. The molecule has 4 nitrogen and oxygen atoms in total. The SMILES string of the molecule is CN=C(NCc1ccc(CN(C)C)cc1)NCC(C)c1ccsc1.I. The minimum atomic E-state index is 0. The van der Waals surface area contributed by atoms with E-state index < -0.39 is 0 Å². The van der Waals surface area contributed by atoms with Crippen molar-refractivity contribution in [2.24, 2.45) is 4.99 Å². The predicted octanol–water partition coefficient (Wildman–Crippen LogP) is 3.90. The van der Waals surface area contributed by atoms with Crippen LogP contribution in [0.2, 0.25) is 0 Å². The quantitative estimate of drug-likeness (QED) is 0.365. The number of nitrogens with zero attached hydrogens (tertiary/aromatic N) is 2. The first-order chi connectivity index (χ1) is 11.6. The first-order valence-electron chi connectivity index (χ1n) is 8.27. The Labute approximate surface area is 172 Å². The van der Waals surface area contributed by atoms with Crippen LogP contribution >= 0.6 is 35.3 Å². The lowest BCUT2D eigenvalue weighted by molar-refractivity contribution is 0.402. The van der Waals surface area contributed by atoms with Crippen molar-refractivity contribution in [2.75, 3.05) is 27.7 Å². The van der Waals surface area contributed by atoms with E-state index in [0.29, 0.717) is 5.92 Å². The van der Waals surface area contributed by atoms with E-state index in [2.05, 4.69) is 82.6 Å². The zero-order valence-corrected chi connectivity index (χ0v) is 18.6. The molecule has 2 N–H and O–H groups in total. The largest absolute Gasteiger partial charge is 0.356 e. The van der Waals surface area contributed by atoms with Gasteiger partial charge in [0.15, 0.2) is 5.96 Å². The van der Waals surface area contributed by atoms with Crippen molar-refractivity contribution in [1.82, 2.24) is 15.5 Å². The molecule has 6 heteroatoms. The lowest BCUT2D eigenvalue weighted by atomic mass is 10.1. The average molecular weight is 472 g/mol. The third-order valence-electron chi connectivity index (χ3n) is 3.89. The number of thiophene rings is 1. The maximum Gasteiger partial charge on any atom is 0.191 e. The topological polar surface area (TPSA) is 39.7 Å². The van der Waals surface area contributed by atoms with Gasteiger partial charge in [-0.1, -0.05) is 31.2 Å². The van der Waals surface area contributed by atoms with Crippen LogP contribution in [-0.2, 0) is 13.1 Å². The van der Waals surface area contributed by atoms with Crippen LogP contribution < -0.4 is 10.6 Å². The van der Waals surface area contributed by atoms with Crippen molar-refractivity contribution in [1.29, 1.82) is 0 Å². The van der Waals surface area contributed by atoms with Crippen LogP contribution in [-0.4, -0.2) is 38.5 Å². The molecule has 1 atom stereocenters. The highest BCUT2D eigenvalue weighted by molar-refractivity contribution is 14.0. The molecule has 0 bridgehead atoms. The summed E-state index contributed by atoms with van der Waals surface area (Å²) < 4.78 is 0. The van der Waals surface area contributed by atoms with Gasteiger partial charge in [-0.2, -0.15) is 11.3 Å². The lowest BCUT2D eigenvalue weighted by Crippen LogP contribution is -2.38. The van der Waals surface area contributed by atoms with E-state index in [1.807, 2.05) is 7.05 Å². The van der Waals surface area contributed by atoms with Crippen molar-refractivity contribution in [3.63, 3.8) is 0 Å². The van der Waals surface area contributed by atoms with Crippen molar-refractivity contribution in [2.45, 2.75) is 25.9 Å². The fraction of sp³-hybridized carbons (Fsp3) is 0.421. The number of rotatable bonds is 7. The standard InChI is InChI=1S/C19H28N4S.HI/c1-15(18-9-10-24-14-18)11-21-19(20-2)22-12-16-5-7-17(8-6-16)13-23(3)4;/h5-10,14-15H,11-13H2,1-4H3,(H2,20,21,22);1H. The highest BCUT2D eigenvalue weighted by Crippen LogP contribution is 2.17. The van der Waals surface area contributed by atoms with Gasteiger partial charge in [-0.3, -0.25) is 4.99 Å². The van der Waals surface area contributed by atoms with Crippen molar-refractivity contribution < 1.29 is 0 Å². The van der Waals surface area contributed by atoms with Gasteiger partial charge < -0.3 is 15.5 Å². The molecule has 1 aromatic heterocycles. The Kier molecular flexibility index (Phi) is 10.1. The summed E-state index contributed by atoms with van der Waals surface area (Å²) in [6.45, 7) is 4.84. The van der Waals surface area contributed by atoms with E-state index >= 15 is 0 Å². The monoisotopic (exact) mass is 472 g/mol. The van der Waals surface area contributed by atoms with Gasteiger partial charge in [0.05, 0.1) is 0 Å². The summed E-state index contributed by atoms with van der Waals surface area (Å²) in [7, 11) is 5.98. The van der Waals surface area contributed by atoms with Crippen LogP contribution in [0.1, 0.15) is 29.5 Å². The molecule has 138 valence electrons. The molecular weight excluding hydrogens is 443 g/mol. The molecule has 1 aromatic carbocycles. The van der Waals surface area contributed by atoms with Gasteiger partial charge in [-0.05, 0) is 53.5 Å². The highest BCUT2D eigenvalue weighted by atomic mass is 127. The van der Waals surface area contributed by atoms with E-state index in [4.69, 9.17) is 0 Å². The summed E-state index contributed by atoms with van der Waals surface area (Å²) in [5, 5.41) is 11.1. The van der Waals surface area contributed by atoms with Crippen LogP contribution in [0.5, 0.6) is 0 Å². The molecule has 25 heavy (non-hydrogen) atoms. The lowest BCUT2D eigenvalue weighted by Gasteiger charge is -2.16. The highest BCUT2D eigenvalue weighted by Gasteiger charge is 2.07. The number of hydrogen-bond donors (Lipinski definition) is 2. The number of benzene rings is 1. The first-order valence-corrected chi connectivity index (χ1v) is 9.22. The maximum atomic E-state index is 4.30. The van der Waals surface area contributed by atoms with Crippen LogP contribution in [0.15, 0.2) is 46.1 Å². The van der Waals surface area contributed by atoms with E-state index in [9.17, 15) is 0 Å². The van der Waals surface area contributed by atoms with Gasteiger partial charge in [-0.25, -0.2) is 0 Å². The average Bonchev–Trinajstić information content (AvgIpc) is 3.10. The molecule has 0 aliphatic carbocycles. The summed E-state index contributed by atoms with van der Waals surface area (Å²) >= 11 is 1.74. The van der Waals surface area contributed by atoms with Gasteiger partial charge in [0, 0.05) is 26.7 Å². The van der Waals surface area contributed by atoms with Crippen molar-refractivity contribution in [3.8, 4) is 0 Å². The second kappa shape index (κ2) is 11.5. The Bertz CT molecular complexity index is 623. The zero-order chi connectivity index (χ0) is 17.4. The third-order valence-corrected chi connectivity index (χ3v) is 4.59. The first kappa shape index (κ1) is 21.9. The summed E-state index contributed by atoms with van der Waals surface area (Å²) in [6, 6.07) is 10.9. The van der Waals surface area contributed by atoms with Gasteiger partial charge in [0.25, 0.3) is 0 Å². The van der Waals surface area contributed by atoms with Gasteiger partial charge in [0.1, 0.15) is 0 Å². The molecule has 1 heterocycles. The number of nitrogens with one attached hydrogen (secondary N) is 2. The summed E-state index contributed by atoms with van der Waals surface area (Å²) in [5.41, 5.74) is 3.96. The van der Waals surface area contributed by atoms with Gasteiger partial charge in [0.2, 0.25) is 0 Å². The predicted molar refractivity (Wildman–Crippen MR) is 120 cm³/mol. The number of halogens is 1. The van der Waals surface area contributed by atoms with E-state index in [-0.39, 0.29) is 24.0 Å². The molecule has 2 rings (SSSR count). The fourth-order valence-corrected chi connectivity index (χ4v) is 3.24. The molecule has 0 fully saturated rings. The Morgan fingerprint density at radius 1 is 1.12 bits per heavy atom. The van der Waals surface area contributed by atoms with E-state index in [1.54, 1.807) is 11.3 Å². The number of guanidine groups is 1. The normalized spacial score (nSPS) is 12.6. The van der Waals surface area contributed by atoms with Crippen molar-refractivity contribution >= 4 is 41.3 Å². The fourth-order valence-electron chi connectivity index (χ4n) is 2.46. The number of aliphatic imine (C=N–C) groups is 1. The van der Waals surface area contributed by atoms with E-state index in [1.165, 1.54) is 16.7 Å². The summed E-state index contributed by atoms with van der Waals surface area (Å²) in [5.74, 6) is 1.31. The Morgan fingerprint density at radius 2 is 1.80 bits per heavy atom. The zero-order valence-electron chi connectivity index (χ0n) is 15.5. The smallest absolute Gasteiger partial charge is 0.191 e. The van der Waals surface area contributed by atoms with Crippen LogP contribution in [0.4, 0.5) is 0 Å². The Balaban J connectivity index is 0.00000312. The van der Waals surface area contributed by atoms with Crippen molar-refractivity contribution in [3.05, 3.63) is 57.8 Å². The summed E-state index contributed by atoms with van der Waals surface area (Å²) in [6.07, 6.45) is 0. The minimum Gasteiger partial charge on any atom is -0.356 e. The molecule has 0 saturated carbocycles. The van der Waals surface area contributed by atoms with Crippen LogP contribution in [0.25, 0.3) is 0 Å². The molecule has 0 aliphatic heterocycles. The molecule has 1 unspecified atom stereocenters. The molecule has 2 aromatic rings. The maximum absolute atomic E-state index is 4.30. The van der Waals surface area contributed by atoms with Gasteiger partial charge >= 0.3 is 0 Å². The van der Waals surface area contributed by atoms with Gasteiger partial charge in [-0.15, -0.1) is 24.0 Å². The molecule has 0 spiro atoms. The molecule has 0 radical (unpaired) electrons. The molecular formula is C19H29IN4S. The van der Waals surface area contributed by atoms with Crippen LogP contribution in [0.3, 0.4) is 0 Å². The minimum absolute atomic E-state index is 0. The molecule has 0 saturated heterocycles. The Morgan fingerprint density at radius 3 is 2.36 bits per heavy atom. The third kappa shape index (κ3) is 7.75. The van der Waals surface area contributed by atoms with E-state index in [0.717, 1.165) is 25.6 Å². The second-order valence-electron chi connectivity index (χ2n) is 6.32.